The predicted octanol–water partition coefficient (Wildman–Crippen LogP) is 2.33. The Hall–Kier alpha value is -2.49. The Kier molecular flexibility index (Phi) is 3.29. The molecule has 0 bridgehead atoms. The number of aryl methyl sites for hydroxylation is 1. The summed E-state index contributed by atoms with van der Waals surface area (Å²) < 4.78 is 4.45. The summed E-state index contributed by atoms with van der Waals surface area (Å²) in [4.78, 5) is 36.1. The third-order valence-electron chi connectivity index (χ3n) is 3.98. The Balaban J connectivity index is 2.10. The summed E-state index contributed by atoms with van der Waals surface area (Å²) in [6.45, 7) is 0. The van der Waals surface area contributed by atoms with E-state index in [1.807, 2.05) is 36.4 Å². The van der Waals surface area contributed by atoms with E-state index in [4.69, 9.17) is 0 Å². The lowest BCUT2D eigenvalue weighted by molar-refractivity contribution is -0.153. The minimum absolute atomic E-state index is 0.275. The molecule has 0 saturated carbocycles. The van der Waals surface area contributed by atoms with Crippen LogP contribution in [0.25, 0.3) is 10.8 Å². The highest BCUT2D eigenvalue weighted by Crippen LogP contribution is 2.32. The summed E-state index contributed by atoms with van der Waals surface area (Å²) in [5.74, 6) is -2.89. The van der Waals surface area contributed by atoms with Crippen molar-refractivity contribution in [2.24, 2.45) is 5.92 Å². The first-order valence-corrected chi connectivity index (χ1v) is 6.80. The Labute approximate surface area is 121 Å². The van der Waals surface area contributed by atoms with E-state index in [1.165, 1.54) is 0 Å². The summed E-state index contributed by atoms with van der Waals surface area (Å²) >= 11 is 0. The van der Waals surface area contributed by atoms with Crippen molar-refractivity contribution in [3.8, 4) is 0 Å². The van der Waals surface area contributed by atoms with E-state index in [-0.39, 0.29) is 5.78 Å². The highest BCUT2D eigenvalue weighted by molar-refractivity contribution is 6.40. The Bertz CT molecular complexity index is 760. The molecule has 0 fully saturated rings. The standard InChI is InChI=1S/C17H14O4/c1-21-17(20)16(19)13-9-8-11-7-6-10-4-2-3-5-12(10)14(11)15(13)18/h2-7,13H,8-9H2,1H3/t13-/m1/s1. The normalized spacial score (nSPS) is 17.4. The van der Waals surface area contributed by atoms with Crippen molar-refractivity contribution in [1.29, 1.82) is 0 Å². The lowest BCUT2D eigenvalue weighted by atomic mass is 9.78. The van der Waals surface area contributed by atoms with Gasteiger partial charge in [0.2, 0.25) is 0 Å². The summed E-state index contributed by atoms with van der Waals surface area (Å²) in [6.07, 6.45) is 0.970. The molecule has 0 saturated heterocycles. The number of Topliss-reactive ketones (excluding diaryl/α,β-unsaturated/α-hetero) is 2. The van der Waals surface area contributed by atoms with Gasteiger partial charge >= 0.3 is 5.97 Å². The monoisotopic (exact) mass is 282 g/mol. The van der Waals surface area contributed by atoms with Crippen molar-refractivity contribution < 1.29 is 19.1 Å². The van der Waals surface area contributed by atoms with E-state index in [0.717, 1.165) is 23.4 Å². The molecule has 21 heavy (non-hydrogen) atoms. The molecule has 0 N–H and O–H groups in total. The molecule has 0 unspecified atom stereocenters. The van der Waals surface area contributed by atoms with Crippen molar-refractivity contribution in [3.05, 3.63) is 47.5 Å². The zero-order valence-electron chi connectivity index (χ0n) is 11.6. The van der Waals surface area contributed by atoms with Gasteiger partial charge in [-0.2, -0.15) is 0 Å². The summed E-state index contributed by atoms with van der Waals surface area (Å²) in [5.41, 5.74) is 1.51. The number of ether oxygens (including phenoxy) is 1. The molecular formula is C17H14O4. The van der Waals surface area contributed by atoms with E-state index < -0.39 is 17.7 Å². The van der Waals surface area contributed by atoms with Gasteiger partial charge in [-0.25, -0.2) is 4.79 Å². The number of hydrogen-bond donors (Lipinski definition) is 0. The van der Waals surface area contributed by atoms with E-state index >= 15 is 0 Å². The molecule has 3 rings (SSSR count). The summed E-state index contributed by atoms with van der Waals surface area (Å²) in [7, 11) is 1.15. The molecular weight excluding hydrogens is 268 g/mol. The topological polar surface area (TPSA) is 60.4 Å². The highest BCUT2D eigenvalue weighted by Gasteiger charge is 2.37. The number of carbonyl (C=O) groups is 3. The van der Waals surface area contributed by atoms with E-state index in [1.54, 1.807) is 0 Å². The molecule has 106 valence electrons. The second-order valence-corrected chi connectivity index (χ2v) is 5.13. The number of fused-ring (bicyclic) bond motifs is 3. The summed E-state index contributed by atoms with van der Waals surface area (Å²) in [6, 6.07) is 11.5. The highest BCUT2D eigenvalue weighted by atomic mass is 16.5. The van der Waals surface area contributed by atoms with E-state index in [0.29, 0.717) is 18.4 Å². The van der Waals surface area contributed by atoms with Crippen molar-refractivity contribution in [1.82, 2.24) is 0 Å². The minimum Gasteiger partial charge on any atom is -0.463 e. The largest absolute Gasteiger partial charge is 0.463 e. The van der Waals surface area contributed by atoms with Gasteiger partial charge in [-0.1, -0.05) is 36.4 Å². The van der Waals surface area contributed by atoms with Crippen LogP contribution >= 0.6 is 0 Å². The molecule has 1 aliphatic rings. The fourth-order valence-corrected chi connectivity index (χ4v) is 2.91. The number of carbonyl (C=O) groups excluding carboxylic acids is 3. The van der Waals surface area contributed by atoms with Gasteiger partial charge in [-0.3, -0.25) is 9.59 Å². The number of esters is 1. The molecule has 0 amide bonds. The van der Waals surface area contributed by atoms with Gasteiger partial charge in [0, 0.05) is 5.56 Å². The maximum Gasteiger partial charge on any atom is 0.375 e. The van der Waals surface area contributed by atoms with Crippen molar-refractivity contribution in [2.45, 2.75) is 12.8 Å². The number of benzene rings is 2. The second kappa shape index (κ2) is 5.13. The van der Waals surface area contributed by atoms with Gasteiger partial charge in [0.1, 0.15) is 0 Å². The Morgan fingerprint density at radius 1 is 1.14 bits per heavy atom. The molecule has 2 aromatic rings. The van der Waals surface area contributed by atoms with Crippen LogP contribution in [-0.2, 0) is 20.7 Å². The third-order valence-corrected chi connectivity index (χ3v) is 3.98. The van der Waals surface area contributed by atoms with Crippen LogP contribution in [-0.4, -0.2) is 24.6 Å². The van der Waals surface area contributed by atoms with Crippen molar-refractivity contribution >= 4 is 28.3 Å². The van der Waals surface area contributed by atoms with Gasteiger partial charge in [0.15, 0.2) is 5.78 Å². The van der Waals surface area contributed by atoms with Crippen LogP contribution in [0, 0.1) is 5.92 Å². The van der Waals surface area contributed by atoms with Crippen LogP contribution in [0.1, 0.15) is 22.3 Å². The molecule has 1 atom stereocenters. The van der Waals surface area contributed by atoms with Gasteiger partial charge in [0.25, 0.3) is 5.78 Å². The fraction of sp³-hybridized carbons (Fsp3) is 0.235. The maximum absolute atomic E-state index is 12.7. The molecule has 4 nitrogen and oxygen atoms in total. The quantitative estimate of drug-likeness (QED) is 0.482. The zero-order chi connectivity index (χ0) is 15.0. The number of methoxy groups -OCH3 is 1. The van der Waals surface area contributed by atoms with Crippen LogP contribution < -0.4 is 0 Å². The SMILES string of the molecule is COC(=O)C(=O)[C@@H]1CCc2ccc3ccccc3c2C1=O. The van der Waals surface area contributed by atoms with Gasteiger partial charge < -0.3 is 4.74 Å². The average Bonchev–Trinajstić information content (AvgIpc) is 2.53. The molecule has 0 heterocycles. The maximum atomic E-state index is 12.7. The molecule has 0 spiro atoms. The fourth-order valence-electron chi connectivity index (χ4n) is 2.91. The molecule has 0 radical (unpaired) electrons. The molecule has 1 aliphatic carbocycles. The van der Waals surface area contributed by atoms with Crippen LogP contribution in [0.4, 0.5) is 0 Å². The van der Waals surface area contributed by atoms with Crippen molar-refractivity contribution in [3.63, 3.8) is 0 Å². The van der Waals surface area contributed by atoms with Crippen LogP contribution in [0.2, 0.25) is 0 Å². The number of rotatable bonds is 2. The van der Waals surface area contributed by atoms with Gasteiger partial charge in [-0.05, 0) is 29.2 Å². The Morgan fingerprint density at radius 3 is 2.67 bits per heavy atom. The van der Waals surface area contributed by atoms with Crippen LogP contribution in [0.5, 0.6) is 0 Å². The average molecular weight is 282 g/mol. The van der Waals surface area contributed by atoms with Gasteiger partial charge in [-0.15, -0.1) is 0 Å². The lowest BCUT2D eigenvalue weighted by Gasteiger charge is -2.23. The first-order chi connectivity index (χ1) is 10.1. The lowest BCUT2D eigenvalue weighted by Crippen LogP contribution is -2.34. The zero-order valence-corrected chi connectivity index (χ0v) is 11.6. The van der Waals surface area contributed by atoms with E-state index in [2.05, 4.69) is 4.74 Å². The Morgan fingerprint density at radius 2 is 1.90 bits per heavy atom. The smallest absolute Gasteiger partial charge is 0.375 e. The predicted molar refractivity (Wildman–Crippen MR) is 77.1 cm³/mol. The van der Waals surface area contributed by atoms with Crippen LogP contribution in [0.3, 0.4) is 0 Å². The van der Waals surface area contributed by atoms with Crippen LogP contribution in [0.15, 0.2) is 36.4 Å². The first-order valence-electron chi connectivity index (χ1n) is 6.80. The first kappa shape index (κ1) is 13.5. The number of hydrogen-bond acceptors (Lipinski definition) is 4. The van der Waals surface area contributed by atoms with Crippen molar-refractivity contribution in [2.75, 3.05) is 7.11 Å². The molecule has 0 aliphatic heterocycles. The molecule has 4 heteroatoms. The number of ketones is 2. The van der Waals surface area contributed by atoms with E-state index in [9.17, 15) is 14.4 Å². The summed E-state index contributed by atoms with van der Waals surface area (Å²) in [5, 5.41) is 1.79. The molecule has 0 aromatic heterocycles. The third kappa shape index (κ3) is 2.13. The second-order valence-electron chi connectivity index (χ2n) is 5.13. The van der Waals surface area contributed by atoms with Gasteiger partial charge in [0.05, 0.1) is 13.0 Å². The molecule has 2 aromatic carbocycles. The minimum atomic E-state index is -0.947.